The Morgan fingerprint density at radius 1 is 1.10 bits per heavy atom. The number of nitrogens with zero attached hydrogens (tertiary/aromatic N) is 3. The molecule has 1 aromatic heterocycles. The molecular weight excluding hydrogens is 459 g/mol. The van der Waals surface area contributed by atoms with Crippen LogP contribution < -0.4 is 10.1 Å². The van der Waals surface area contributed by atoms with Crippen molar-refractivity contribution in [2.24, 2.45) is 7.05 Å². The summed E-state index contributed by atoms with van der Waals surface area (Å²) in [7, 11) is 3.36. The van der Waals surface area contributed by atoms with Gasteiger partial charge in [0.15, 0.2) is 16.8 Å². The molecule has 0 radical (unpaired) electrons. The summed E-state index contributed by atoms with van der Waals surface area (Å²) in [6.45, 7) is 1.80. The molecule has 1 atom stereocenters. The molecule has 1 unspecified atom stereocenters. The largest absolute Gasteiger partial charge is 0.497 e. The van der Waals surface area contributed by atoms with Crippen molar-refractivity contribution in [1.29, 1.82) is 0 Å². The molecule has 3 rings (SSSR count). The Hall–Kier alpha value is -2.55. The quantitative estimate of drug-likeness (QED) is 0.376. The monoisotopic (exact) mass is 478 g/mol. The maximum absolute atomic E-state index is 12.5. The van der Waals surface area contributed by atoms with Crippen molar-refractivity contribution in [3.8, 4) is 5.75 Å². The summed E-state index contributed by atoms with van der Waals surface area (Å²) in [6.07, 6.45) is 0. The molecule has 0 aliphatic carbocycles. The van der Waals surface area contributed by atoms with E-state index in [9.17, 15) is 9.59 Å². The minimum Gasteiger partial charge on any atom is -0.497 e. The first-order valence-electron chi connectivity index (χ1n) is 9.25. The van der Waals surface area contributed by atoms with E-state index in [-0.39, 0.29) is 17.4 Å². The molecule has 0 aliphatic heterocycles. The van der Waals surface area contributed by atoms with Crippen molar-refractivity contribution in [2.45, 2.75) is 18.1 Å². The van der Waals surface area contributed by atoms with Gasteiger partial charge in [-0.2, -0.15) is 0 Å². The average molecular weight is 479 g/mol. The van der Waals surface area contributed by atoms with Crippen LogP contribution in [-0.2, 0) is 7.05 Å². The summed E-state index contributed by atoms with van der Waals surface area (Å²) in [6, 6.07) is 11.2. The standard InChI is InChI=1S/C21H20Cl2N4O3S/c1-12(24-20(29)14-6-9-16(22)17(23)10-14)19-25-26-21(27(19)2)31-11-18(28)13-4-7-15(30-3)8-5-13/h4-10,12H,11H2,1-3H3,(H,24,29). The second kappa shape index (κ2) is 10.2. The van der Waals surface area contributed by atoms with Gasteiger partial charge in [-0.15, -0.1) is 10.2 Å². The molecule has 0 saturated heterocycles. The third-order valence-electron chi connectivity index (χ3n) is 4.53. The third-order valence-corrected chi connectivity index (χ3v) is 6.29. The molecule has 0 aliphatic rings. The van der Waals surface area contributed by atoms with E-state index < -0.39 is 6.04 Å². The predicted octanol–water partition coefficient (Wildman–Crippen LogP) is 4.60. The van der Waals surface area contributed by atoms with Crippen LogP contribution in [0.15, 0.2) is 47.6 Å². The summed E-state index contributed by atoms with van der Waals surface area (Å²) >= 11 is 13.2. The Balaban J connectivity index is 1.62. The van der Waals surface area contributed by atoms with Gasteiger partial charge < -0.3 is 14.6 Å². The number of hydrogen-bond acceptors (Lipinski definition) is 6. The summed E-state index contributed by atoms with van der Waals surface area (Å²) in [5.41, 5.74) is 0.987. The lowest BCUT2D eigenvalue weighted by Gasteiger charge is -2.14. The van der Waals surface area contributed by atoms with Crippen LogP contribution in [0.4, 0.5) is 0 Å². The Kier molecular flexibility index (Phi) is 7.59. The molecule has 31 heavy (non-hydrogen) atoms. The molecular formula is C21H20Cl2N4O3S. The number of halogens is 2. The molecule has 3 aromatic rings. The number of carbonyl (C=O) groups excluding carboxylic acids is 2. The number of rotatable bonds is 8. The van der Waals surface area contributed by atoms with Crippen LogP contribution in [0, 0.1) is 0 Å². The van der Waals surface area contributed by atoms with Crippen molar-refractivity contribution < 1.29 is 14.3 Å². The number of ketones is 1. The van der Waals surface area contributed by atoms with E-state index in [2.05, 4.69) is 15.5 Å². The predicted molar refractivity (Wildman–Crippen MR) is 121 cm³/mol. The van der Waals surface area contributed by atoms with Crippen molar-refractivity contribution >= 4 is 46.7 Å². The minimum atomic E-state index is -0.411. The lowest BCUT2D eigenvalue weighted by molar-refractivity contribution is 0.0937. The summed E-state index contributed by atoms with van der Waals surface area (Å²) in [5, 5.41) is 12.4. The Bertz CT molecular complexity index is 1100. The Labute approximate surface area is 194 Å². The second-order valence-electron chi connectivity index (χ2n) is 6.66. The zero-order valence-electron chi connectivity index (χ0n) is 17.1. The molecule has 0 spiro atoms. The van der Waals surface area contributed by atoms with E-state index in [0.29, 0.717) is 37.9 Å². The number of carbonyl (C=O) groups is 2. The number of nitrogens with one attached hydrogen (secondary N) is 1. The van der Waals surface area contributed by atoms with E-state index in [0.717, 1.165) is 0 Å². The fourth-order valence-electron chi connectivity index (χ4n) is 2.80. The highest BCUT2D eigenvalue weighted by Gasteiger charge is 2.19. The molecule has 1 N–H and O–H groups in total. The van der Waals surface area contributed by atoms with Crippen molar-refractivity contribution in [3.63, 3.8) is 0 Å². The number of benzene rings is 2. The van der Waals surface area contributed by atoms with Gasteiger partial charge in [0.2, 0.25) is 0 Å². The number of Topliss-reactive ketones (excluding diaryl/α,β-unsaturated/α-hetero) is 1. The molecule has 0 fully saturated rings. The maximum Gasteiger partial charge on any atom is 0.251 e. The number of aromatic nitrogens is 3. The molecule has 1 heterocycles. The first-order valence-corrected chi connectivity index (χ1v) is 11.0. The van der Waals surface area contributed by atoms with Crippen LogP contribution in [-0.4, -0.2) is 39.3 Å². The SMILES string of the molecule is COc1ccc(C(=O)CSc2nnc(C(C)NC(=O)c3ccc(Cl)c(Cl)c3)n2C)cc1. The number of methoxy groups -OCH3 is 1. The van der Waals surface area contributed by atoms with E-state index in [1.54, 1.807) is 62.0 Å². The van der Waals surface area contributed by atoms with Gasteiger partial charge in [-0.05, 0) is 49.4 Å². The Morgan fingerprint density at radius 2 is 1.77 bits per heavy atom. The molecule has 1 amide bonds. The number of ether oxygens (including phenoxy) is 1. The van der Waals surface area contributed by atoms with E-state index in [1.165, 1.54) is 17.8 Å². The highest BCUT2D eigenvalue weighted by atomic mass is 35.5. The van der Waals surface area contributed by atoms with Gasteiger partial charge in [0.05, 0.1) is 28.9 Å². The maximum atomic E-state index is 12.5. The second-order valence-corrected chi connectivity index (χ2v) is 8.42. The van der Waals surface area contributed by atoms with Crippen LogP contribution in [0.5, 0.6) is 5.75 Å². The van der Waals surface area contributed by atoms with Crippen molar-refractivity contribution in [3.05, 3.63) is 69.5 Å². The summed E-state index contributed by atoms with van der Waals surface area (Å²) in [4.78, 5) is 24.9. The fourth-order valence-corrected chi connectivity index (χ4v) is 3.91. The van der Waals surface area contributed by atoms with Gasteiger partial charge in [0.1, 0.15) is 5.75 Å². The topological polar surface area (TPSA) is 86.1 Å². The first kappa shape index (κ1) is 23.1. The first-order chi connectivity index (χ1) is 14.8. The van der Waals surface area contributed by atoms with Crippen LogP contribution in [0.3, 0.4) is 0 Å². The lowest BCUT2D eigenvalue weighted by Crippen LogP contribution is -2.28. The van der Waals surface area contributed by atoms with Gasteiger partial charge in [-0.1, -0.05) is 35.0 Å². The number of thioether (sulfide) groups is 1. The van der Waals surface area contributed by atoms with Gasteiger partial charge in [-0.25, -0.2) is 0 Å². The average Bonchev–Trinajstić information content (AvgIpc) is 3.14. The number of hydrogen-bond donors (Lipinski definition) is 1. The molecule has 10 heteroatoms. The van der Waals surface area contributed by atoms with Crippen LogP contribution >= 0.6 is 35.0 Å². The zero-order valence-corrected chi connectivity index (χ0v) is 19.4. The van der Waals surface area contributed by atoms with Gasteiger partial charge in [-0.3, -0.25) is 9.59 Å². The van der Waals surface area contributed by atoms with E-state index >= 15 is 0 Å². The van der Waals surface area contributed by atoms with Crippen LogP contribution in [0.2, 0.25) is 10.0 Å². The minimum absolute atomic E-state index is 0.0295. The lowest BCUT2D eigenvalue weighted by atomic mass is 10.1. The van der Waals surface area contributed by atoms with E-state index in [1.807, 2.05) is 0 Å². The van der Waals surface area contributed by atoms with Crippen LogP contribution in [0.25, 0.3) is 0 Å². The number of amides is 1. The summed E-state index contributed by atoms with van der Waals surface area (Å²) in [5.74, 6) is 1.13. The van der Waals surface area contributed by atoms with Crippen molar-refractivity contribution in [1.82, 2.24) is 20.1 Å². The zero-order chi connectivity index (χ0) is 22.5. The van der Waals surface area contributed by atoms with Crippen molar-refractivity contribution in [2.75, 3.05) is 12.9 Å². The Morgan fingerprint density at radius 3 is 2.42 bits per heavy atom. The van der Waals surface area contributed by atoms with Crippen LogP contribution in [0.1, 0.15) is 39.5 Å². The molecule has 0 bridgehead atoms. The summed E-state index contributed by atoms with van der Waals surface area (Å²) < 4.78 is 6.86. The third kappa shape index (κ3) is 5.58. The van der Waals surface area contributed by atoms with Gasteiger partial charge in [0.25, 0.3) is 5.91 Å². The highest BCUT2D eigenvalue weighted by molar-refractivity contribution is 7.99. The smallest absolute Gasteiger partial charge is 0.251 e. The normalized spacial score (nSPS) is 11.8. The molecule has 162 valence electrons. The highest BCUT2D eigenvalue weighted by Crippen LogP contribution is 2.24. The molecule has 2 aromatic carbocycles. The van der Waals surface area contributed by atoms with Gasteiger partial charge in [0, 0.05) is 18.2 Å². The molecule has 7 nitrogen and oxygen atoms in total. The van der Waals surface area contributed by atoms with Gasteiger partial charge >= 0.3 is 0 Å². The fraction of sp³-hybridized carbons (Fsp3) is 0.238. The van der Waals surface area contributed by atoms with E-state index in [4.69, 9.17) is 27.9 Å². The molecule has 0 saturated carbocycles.